The topological polar surface area (TPSA) is 24.9 Å². The van der Waals surface area contributed by atoms with E-state index in [4.69, 9.17) is 0 Å². The molecule has 0 fully saturated rings. The van der Waals surface area contributed by atoms with E-state index < -0.39 is 0 Å². The number of rotatable bonds is 5. The molecule has 2 aromatic heterocycles. The highest BCUT2D eigenvalue weighted by Gasteiger charge is 2.17. The molecule has 0 amide bonds. The van der Waals surface area contributed by atoms with Gasteiger partial charge in [-0.05, 0) is 67.4 Å². The van der Waals surface area contributed by atoms with Crippen molar-refractivity contribution in [2.75, 3.05) is 6.54 Å². The van der Waals surface area contributed by atoms with Gasteiger partial charge in [-0.15, -0.1) is 0 Å². The third-order valence-corrected chi connectivity index (χ3v) is 4.80. The van der Waals surface area contributed by atoms with Crippen LogP contribution in [0.4, 0.5) is 0 Å². The maximum atomic E-state index is 4.25. The van der Waals surface area contributed by atoms with Crippen molar-refractivity contribution in [1.29, 1.82) is 0 Å². The summed E-state index contributed by atoms with van der Waals surface area (Å²) in [5.41, 5.74) is 2.45. The molecule has 0 bridgehead atoms. The van der Waals surface area contributed by atoms with E-state index in [1.54, 1.807) is 11.3 Å². The fourth-order valence-corrected chi connectivity index (χ4v) is 3.71. The van der Waals surface area contributed by atoms with Crippen molar-refractivity contribution < 1.29 is 0 Å². The quantitative estimate of drug-likeness (QED) is 0.797. The summed E-state index contributed by atoms with van der Waals surface area (Å²) in [5.74, 6) is 0. The molecule has 2 aromatic rings. The third-order valence-electron chi connectivity index (χ3n) is 2.61. The molecular weight excluding hydrogens is 376 g/mol. The Balaban J connectivity index is 2.33. The molecule has 0 aromatic carbocycles. The molecule has 0 saturated heterocycles. The number of halogens is 2. The van der Waals surface area contributed by atoms with Gasteiger partial charge in [0, 0.05) is 26.7 Å². The summed E-state index contributed by atoms with van der Waals surface area (Å²) < 4.78 is 2.16. The molecule has 2 nitrogen and oxygen atoms in total. The largest absolute Gasteiger partial charge is 0.306 e. The maximum absolute atomic E-state index is 4.25. The molecule has 0 radical (unpaired) electrons. The van der Waals surface area contributed by atoms with Crippen LogP contribution in [0.2, 0.25) is 0 Å². The van der Waals surface area contributed by atoms with Gasteiger partial charge in [0.05, 0.1) is 6.04 Å². The van der Waals surface area contributed by atoms with E-state index in [-0.39, 0.29) is 6.04 Å². The zero-order valence-electron chi connectivity index (χ0n) is 9.99. The van der Waals surface area contributed by atoms with Gasteiger partial charge >= 0.3 is 0 Å². The van der Waals surface area contributed by atoms with Gasteiger partial charge in [-0.1, -0.05) is 6.92 Å². The summed E-state index contributed by atoms with van der Waals surface area (Å²) >= 11 is 8.80. The summed E-state index contributed by atoms with van der Waals surface area (Å²) in [6.45, 7) is 3.16. The Kier molecular flexibility index (Phi) is 5.36. The van der Waals surface area contributed by atoms with Gasteiger partial charge in [-0.3, -0.25) is 4.98 Å². The van der Waals surface area contributed by atoms with E-state index >= 15 is 0 Å². The van der Waals surface area contributed by atoms with Crippen molar-refractivity contribution in [3.05, 3.63) is 49.3 Å². The number of thiophene rings is 1. The normalized spacial score (nSPS) is 12.6. The van der Waals surface area contributed by atoms with Crippen LogP contribution in [0.15, 0.2) is 38.2 Å². The van der Waals surface area contributed by atoms with Crippen LogP contribution in [0, 0.1) is 0 Å². The first kappa shape index (κ1) is 14.2. The summed E-state index contributed by atoms with van der Waals surface area (Å²) in [6, 6.07) is 2.31. The second-order valence-electron chi connectivity index (χ2n) is 4.00. The number of hydrogen-bond acceptors (Lipinski definition) is 3. The van der Waals surface area contributed by atoms with Gasteiger partial charge in [0.15, 0.2) is 0 Å². The molecule has 5 heteroatoms. The van der Waals surface area contributed by atoms with Crippen LogP contribution in [-0.2, 0) is 0 Å². The van der Waals surface area contributed by atoms with E-state index in [0.717, 1.165) is 21.9 Å². The number of aromatic nitrogens is 1. The minimum Gasteiger partial charge on any atom is -0.306 e. The maximum Gasteiger partial charge on any atom is 0.0611 e. The highest BCUT2D eigenvalue weighted by Crippen LogP contribution is 2.32. The molecule has 2 heterocycles. The molecule has 96 valence electrons. The van der Waals surface area contributed by atoms with E-state index in [1.165, 1.54) is 11.1 Å². The van der Waals surface area contributed by atoms with Gasteiger partial charge in [-0.25, -0.2) is 0 Å². The van der Waals surface area contributed by atoms with Crippen molar-refractivity contribution in [1.82, 2.24) is 10.3 Å². The fourth-order valence-electron chi connectivity index (χ4n) is 1.78. The molecule has 1 atom stereocenters. The predicted octanol–water partition coefficient (Wildman–Crippen LogP) is 4.76. The van der Waals surface area contributed by atoms with Crippen molar-refractivity contribution in [2.45, 2.75) is 19.4 Å². The number of nitrogens with zero attached hydrogens (tertiary/aromatic N) is 1. The first-order valence-corrected chi connectivity index (χ1v) is 8.30. The molecule has 0 spiro atoms. The summed E-state index contributed by atoms with van der Waals surface area (Å²) in [4.78, 5) is 4.25. The van der Waals surface area contributed by atoms with Crippen LogP contribution >= 0.6 is 43.2 Å². The highest BCUT2D eigenvalue weighted by atomic mass is 79.9. The molecule has 2 rings (SSSR count). The molecular formula is C13H14Br2N2S. The smallest absolute Gasteiger partial charge is 0.0611 e. The van der Waals surface area contributed by atoms with Crippen molar-refractivity contribution in [2.24, 2.45) is 0 Å². The summed E-state index contributed by atoms with van der Waals surface area (Å²) in [7, 11) is 0. The van der Waals surface area contributed by atoms with Gasteiger partial charge < -0.3 is 5.32 Å². The predicted molar refractivity (Wildman–Crippen MR) is 84.1 cm³/mol. The first-order valence-electron chi connectivity index (χ1n) is 5.77. The second-order valence-corrected chi connectivity index (χ2v) is 6.51. The Hall–Kier alpha value is -0.230. The average molecular weight is 390 g/mol. The van der Waals surface area contributed by atoms with Crippen molar-refractivity contribution >= 4 is 43.2 Å². The Morgan fingerprint density at radius 3 is 2.78 bits per heavy atom. The van der Waals surface area contributed by atoms with Crippen LogP contribution in [0.25, 0.3) is 0 Å². The number of nitrogens with one attached hydrogen (secondary N) is 1. The minimum atomic E-state index is 0.190. The van der Waals surface area contributed by atoms with Crippen LogP contribution in [0.1, 0.15) is 30.5 Å². The molecule has 0 aliphatic rings. The van der Waals surface area contributed by atoms with E-state index in [1.807, 2.05) is 12.4 Å². The van der Waals surface area contributed by atoms with Crippen LogP contribution < -0.4 is 5.32 Å². The van der Waals surface area contributed by atoms with Crippen LogP contribution in [0.5, 0.6) is 0 Å². The minimum absolute atomic E-state index is 0.190. The SMILES string of the molecule is CCCNC(c1cncc(Br)c1)c1cscc1Br. The lowest BCUT2D eigenvalue weighted by Crippen LogP contribution is -2.23. The molecule has 18 heavy (non-hydrogen) atoms. The highest BCUT2D eigenvalue weighted by molar-refractivity contribution is 9.10. The average Bonchev–Trinajstić information content (AvgIpc) is 2.77. The standard InChI is InChI=1S/C13H14Br2N2S/c1-2-3-17-13(11-7-18-8-12(11)15)9-4-10(14)6-16-5-9/h4-8,13,17H,2-3H2,1H3. The van der Waals surface area contributed by atoms with E-state index in [9.17, 15) is 0 Å². The monoisotopic (exact) mass is 388 g/mol. The first-order chi connectivity index (χ1) is 8.72. The zero-order valence-corrected chi connectivity index (χ0v) is 14.0. The fraction of sp³-hybridized carbons (Fsp3) is 0.308. The molecule has 0 aliphatic carbocycles. The molecule has 1 N–H and O–H groups in total. The lowest BCUT2D eigenvalue weighted by atomic mass is 10.0. The molecule has 0 saturated carbocycles. The summed E-state index contributed by atoms with van der Waals surface area (Å²) in [6.07, 6.45) is 4.84. The van der Waals surface area contributed by atoms with E-state index in [0.29, 0.717) is 0 Å². The zero-order chi connectivity index (χ0) is 13.0. The Morgan fingerprint density at radius 1 is 1.33 bits per heavy atom. The van der Waals surface area contributed by atoms with Crippen LogP contribution in [0.3, 0.4) is 0 Å². The Labute approximate surface area is 128 Å². The lowest BCUT2D eigenvalue weighted by molar-refractivity contribution is 0.596. The Bertz CT molecular complexity index is 513. The van der Waals surface area contributed by atoms with Gasteiger partial charge in [0.25, 0.3) is 0 Å². The molecule has 1 unspecified atom stereocenters. The Morgan fingerprint density at radius 2 is 2.17 bits per heavy atom. The van der Waals surface area contributed by atoms with Crippen molar-refractivity contribution in [3.63, 3.8) is 0 Å². The van der Waals surface area contributed by atoms with Gasteiger partial charge in [0.1, 0.15) is 0 Å². The second kappa shape index (κ2) is 6.80. The number of hydrogen-bond donors (Lipinski definition) is 1. The van der Waals surface area contributed by atoms with Gasteiger partial charge in [0.2, 0.25) is 0 Å². The van der Waals surface area contributed by atoms with Crippen molar-refractivity contribution in [3.8, 4) is 0 Å². The number of pyridine rings is 1. The van der Waals surface area contributed by atoms with Crippen LogP contribution in [-0.4, -0.2) is 11.5 Å². The van der Waals surface area contributed by atoms with Gasteiger partial charge in [-0.2, -0.15) is 11.3 Å². The third kappa shape index (κ3) is 3.41. The summed E-state index contributed by atoms with van der Waals surface area (Å²) in [5, 5.41) is 7.86. The molecule has 0 aliphatic heterocycles. The lowest BCUT2D eigenvalue weighted by Gasteiger charge is -2.18. The van der Waals surface area contributed by atoms with E-state index in [2.05, 4.69) is 65.9 Å².